The summed E-state index contributed by atoms with van der Waals surface area (Å²) in [6.45, 7) is 4.69. The van der Waals surface area contributed by atoms with Crippen LogP contribution in [0.2, 0.25) is 0 Å². The van der Waals surface area contributed by atoms with Gasteiger partial charge >= 0.3 is 12.1 Å². The Kier molecular flexibility index (Phi) is 8.52. The van der Waals surface area contributed by atoms with Crippen LogP contribution >= 0.6 is 0 Å². The second-order valence-electron chi connectivity index (χ2n) is 4.86. The van der Waals surface area contributed by atoms with Crippen LogP contribution in [0.15, 0.2) is 24.3 Å². The number of unbranched alkanes of at least 4 members (excludes halogenated alkanes) is 1. The van der Waals surface area contributed by atoms with E-state index in [0.29, 0.717) is 12.4 Å². The molecule has 2 N–H and O–H groups in total. The minimum Gasteiger partial charge on any atom is -0.494 e. The lowest BCUT2D eigenvalue weighted by Crippen LogP contribution is -2.42. The Morgan fingerprint density at radius 1 is 1.22 bits per heavy atom. The van der Waals surface area contributed by atoms with Gasteiger partial charge in [-0.15, -0.1) is 0 Å². The number of aliphatic carboxylic acids is 1. The third-order valence-corrected chi connectivity index (χ3v) is 2.98. The van der Waals surface area contributed by atoms with Gasteiger partial charge in [0.15, 0.2) is 0 Å². The highest BCUT2D eigenvalue weighted by atomic mass is 17.2. The lowest BCUT2D eigenvalue weighted by molar-refractivity contribution is -0.239. The number of hydrogen-bond acceptors (Lipinski definition) is 5. The minimum absolute atomic E-state index is 0.131. The smallest absolute Gasteiger partial charge is 0.439 e. The Hall–Kier alpha value is -2.28. The monoisotopic (exact) mass is 325 g/mol. The maximum absolute atomic E-state index is 11.5. The molecule has 0 unspecified atom stereocenters. The van der Waals surface area contributed by atoms with Crippen LogP contribution < -0.4 is 10.1 Å². The Bertz CT molecular complexity index is 488. The second-order valence-corrected chi connectivity index (χ2v) is 4.86. The van der Waals surface area contributed by atoms with Crippen molar-refractivity contribution in [1.29, 1.82) is 0 Å². The third-order valence-electron chi connectivity index (χ3n) is 2.98. The first kappa shape index (κ1) is 18.8. The molecule has 1 amide bonds. The van der Waals surface area contributed by atoms with Crippen molar-refractivity contribution in [3.8, 4) is 5.75 Å². The van der Waals surface area contributed by atoms with Gasteiger partial charge in [-0.2, -0.15) is 4.89 Å². The van der Waals surface area contributed by atoms with Gasteiger partial charge in [0.1, 0.15) is 11.8 Å². The molecule has 0 aliphatic heterocycles. The molecule has 0 radical (unpaired) electrons. The van der Waals surface area contributed by atoms with Gasteiger partial charge in [-0.05, 0) is 31.0 Å². The molecule has 1 rings (SSSR count). The summed E-state index contributed by atoms with van der Waals surface area (Å²) < 4.78 is 5.32. The van der Waals surface area contributed by atoms with Gasteiger partial charge in [0, 0.05) is 6.42 Å². The topological polar surface area (TPSA) is 94.1 Å². The van der Waals surface area contributed by atoms with E-state index in [-0.39, 0.29) is 13.0 Å². The number of rotatable bonds is 10. The van der Waals surface area contributed by atoms with Crippen molar-refractivity contribution in [2.75, 3.05) is 13.2 Å². The van der Waals surface area contributed by atoms with Crippen molar-refractivity contribution in [2.45, 2.75) is 39.2 Å². The molecule has 128 valence electrons. The first-order valence-corrected chi connectivity index (χ1v) is 7.61. The minimum atomic E-state index is -1.15. The summed E-state index contributed by atoms with van der Waals surface area (Å²) in [5, 5.41) is 11.5. The van der Waals surface area contributed by atoms with Crippen LogP contribution in [0, 0.1) is 0 Å². The first-order chi connectivity index (χ1) is 11.1. The molecular formula is C16H23NO6. The average molecular weight is 325 g/mol. The van der Waals surface area contributed by atoms with Gasteiger partial charge in [-0.1, -0.05) is 25.5 Å². The van der Waals surface area contributed by atoms with Crippen LogP contribution in [0.5, 0.6) is 5.75 Å². The number of carbonyl (C=O) groups is 2. The lowest BCUT2D eigenvalue weighted by atomic mass is 10.1. The fourth-order valence-corrected chi connectivity index (χ4v) is 1.79. The highest BCUT2D eigenvalue weighted by Crippen LogP contribution is 2.13. The quantitative estimate of drug-likeness (QED) is 0.390. The summed E-state index contributed by atoms with van der Waals surface area (Å²) in [5.41, 5.74) is 0.757. The Labute approximate surface area is 135 Å². The van der Waals surface area contributed by atoms with Crippen LogP contribution in [0.3, 0.4) is 0 Å². The lowest BCUT2D eigenvalue weighted by Gasteiger charge is -2.14. The van der Waals surface area contributed by atoms with Crippen LogP contribution in [0.4, 0.5) is 4.79 Å². The summed E-state index contributed by atoms with van der Waals surface area (Å²) in [5.74, 6) is -0.441. The highest BCUT2D eigenvalue weighted by molar-refractivity contribution is 5.80. The molecule has 0 saturated carbocycles. The predicted octanol–water partition coefficient (Wildman–Crippen LogP) is 2.54. The van der Waals surface area contributed by atoms with E-state index in [1.807, 2.05) is 13.8 Å². The zero-order chi connectivity index (χ0) is 17.1. The van der Waals surface area contributed by atoms with Crippen molar-refractivity contribution < 1.29 is 29.2 Å². The van der Waals surface area contributed by atoms with E-state index in [1.165, 1.54) is 0 Å². The largest absolute Gasteiger partial charge is 0.494 e. The molecule has 0 heterocycles. The molecule has 7 nitrogen and oxygen atoms in total. The van der Waals surface area contributed by atoms with E-state index in [4.69, 9.17) is 4.74 Å². The van der Waals surface area contributed by atoms with E-state index in [2.05, 4.69) is 15.1 Å². The molecule has 0 bridgehead atoms. The molecule has 0 saturated heterocycles. The van der Waals surface area contributed by atoms with E-state index in [0.717, 1.165) is 18.4 Å². The first-order valence-electron chi connectivity index (χ1n) is 7.61. The summed E-state index contributed by atoms with van der Waals surface area (Å²) in [6, 6.07) is 5.92. The number of benzene rings is 1. The standard InChI is InChI=1S/C16H23NO6/c1-3-5-10-22-23-16(20)17-14(15(18)19)11-12-6-8-13(9-7-12)21-4-2/h6-9,14H,3-5,10-11H2,1-2H3,(H,17,20)(H,18,19)/t14-/m1/s1. The molecule has 0 spiro atoms. The van der Waals surface area contributed by atoms with Crippen molar-refractivity contribution in [3.63, 3.8) is 0 Å². The predicted molar refractivity (Wildman–Crippen MR) is 83.2 cm³/mol. The summed E-state index contributed by atoms with van der Waals surface area (Å²) in [4.78, 5) is 31.9. The van der Waals surface area contributed by atoms with E-state index in [1.54, 1.807) is 24.3 Å². The molecular weight excluding hydrogens is 302 g/mol. The van der Waals surface area contributed by atoms with E-state index >= 15 is 0 Å². The molecule has 0 aromatic heterocycles. The number of ether oxygens (including phenoxy) is 1. The fraction of sp³-hybridized carbons (Fsp3) is 0.500. The molecule has 7 heteroatoms. The maximum atomic E-state index is 11.5. The number of carboxylic acids is 1. The van der Waals surface area contributed by atoms with E-state index < -0.39 is 18.1 Å². The van der Waals surface area contributed by atoms with Crippen LogP contribution in [0.1, 0.15) is 32.3 Å². The van der Waals surface area contributed by atoms with Crippen molar-refractivity contribution in [1.82, 2.24) is 5.32 Å². The Morgan fingerprint density at radius 2 is 1.91 bits per heavy atom. The van der Waals surface area contributed by atoms with Crippen LogP contribution in [-0.4, -0.2) is 36.4 Å². The van der Waals surface area contributed by atoms with Crippen LogP contribution in [0.25, 0.3) is 0 Å². The normalized spacial score (nSPS) is 11.6. The maximum Gasteiger partial charge on any atom is 0.439 e. The average Bonchev–Trinajstić information content (AvgIpc) is 2.53. The molecule has 1 aromatic carbocycles. The third kappa shape index (κ3) is 7.51. The number of carboxylic acid groups (broad SMARTS) is 1. The van der Waals surface area contributed by atoms with Crippen molar-refractivity contribution in [3.05, 3.63) is 29.8 Å². The van der Waals surface area contributed by atoms with Gasteiger partial charge in [0.05, 0.1) is 13.2 Å². The molecule has 23 heavy (non-hydrogen) atoms. The molecule has 1 atom stereocenters. The zero-order valence-electron chi connectivity index (χ0n) is 13.4. The molecule has 0 fully saturated rings. The number of hydrogen-bond donors (Lipinski definition) is 2. The van der Waals surface area contributed by atoms with Gasteiger partial charge in [0.2, 0.25) is 0 Å². The number of nitrogens with one attached hydrogen (secondary N) is 1. The second kappa shape index (κ2) is 10.4. The molecule has 1 aromatic rings. The number of amides is 1. The SMILES string of the molecule is CCCCOOC(=O)N[C@H](Cc1ccc(OCC)cc1)C(=O)O. The van der Waals surface area contributed by atoms with Crippen molar-refractivity contribution >= 4 is 12.1 Å². The summed E-state index contributed by atoms with van der Waals surface area (Å²) >= 11 is 0. The van der Waals surface area contributed by atoms with Gasteiger partial charge in [0.25, 0.3) is 0 Å². The van der Waals surface area contributed by atoms with Crippen molar-refractivity contribution in [2.24, 2.45) is 0 Å². The Morgan fingerprint density at radius 3 is 2.48 bits per heavy atom. The summed E-state index contributed by atoms with van der Waals surface area (Å²) in [6.07, 6.45) is 0.869. The molecule has 0 aliphatic carbocycles. The van der Waals surface area contributed by atoms with Gasteiger partial charge in [-0.25, -0.2) is 9.59 Å². The Balaban J connectivity index is 2.51. The zero-order valence-corrected chi connectivity index (χ0v) is 13.4. The highest BCUT2D eigenvalue weighted by Gasteiger charge is 2.21. The number of carbonyl (C=O) groups excluding carboxylic acids is 1. The van der Waals surface area contributed by atoms with Gasteiger partial charge < -0.3 is 15.2 Å². The van der Waals surface area contributed by atoms with E-state index in [9.17, 15) is 14.7 Å². The molecule has 0 aliphatic rings. The summed E-state index contributed by atoms with van der Waals surface area (Å²) in [7, 11) is 0. The van der Waals surface area contributed by atoms with Gasteiger partial charge in [-0.3, -0.25) is 4.89 Å². The van der Waals surface area contributed by atoms with Crippen LogP contribution in [-0.2, 0) is 21.0 Å². The fourth-order valence-electron chi connectivity index (χ4n) is 1.79.